The third-order valence-corrected chi connectivity index (χ3v) is 5.48. The summed E-state index contributed by atoms with van der Waals surface area (Å²) in [7, 11) is 0. The highest BCUT2D eigenvalue weighted by atomic mass is 79.9. The van der Waals surface area contributed by atoms with E-state index in [2.05, 4.69) is 55.4 Å². The molecule has 0 saturated heterocycles. The quantitative estimate of drug-likeness (QED) is 0.453. The molecule has 1 heterocycles. The molecule has 1 fully saturated rings. The molecular weight excluding hydrogens is 398 g/mol. The van der Waals surface area contributed by atoms with E-state index >= 15 is 0 Å². The standard InChI is InChI=1S/C21H20BrN3.C2H6/c22-19-12-10-18(11-13-19)21-23-14-20(24-25-21)17-8-6-16(7-9-17)15-4-2-1-3-5-15;1-2/h6-15H,1-5H2;1-2H3. The van der Waals surface area contributed by atoms with Crippen LogP contribution in [-0.2, 0) is 0 Å². The van der Waals surface area contributed by atoms with E-state index in [-0.39, 0.29) is 0 Å². The summed E-state index contributed by atoms with van der Waals surface area (Å²) in [5.41, 5.74) is 4.31. The van der Waals surface area contributed by atoms with Gasteiger partial charge in [-0.15, -0.1) is 10.2 Å². The second-order valence-electron chi connectivity index (χ2n) is 6.63. The topological polar surface area (TPSA) is 38.7 Å². The van der Waals surface area contributed by atoms with Crippen LogP contribution in [0.5, 0.6) is 0 Å². The van der Waals surface area contributed by atoms with Gasteiger partial charge in [0.05, 0.1) is 6.20 Å². The fourth-order valence-corrected chi connectivity index (χ4v) is 3.76. The van der Waals surface area contributed by atoms with Gasteiger partial charge in [0.25, 0.3) is 0 Å². The normalized spacial score (nSPS) is 14.3. The van der Waals surface area contributed by atoms with Gasteiger partial charge in [-0.2, -0.15) is 0 Å². The zero-order valence-electron chi connectivity index (χ0n) is 16.0. The minimum atomic E-state index is 0.648. The first-order chi connectivity index (χ1) is 13.3. The second kappa shape index (κ2) is 9.75. The van der Waals surface area contributed by atoms with E-state index in [4.69, 9.17) is 0 Å². The maximum absolute atomic E-state index is 4.48. The Morgan fingerprint density at radius 1 is 0.778 bits per heavy atom. The van der Waals surface area contributed by atoms with Crippen molar-refractivity contribution < 1.29 is 0 Å². The molecule has 0 radical (unpaired) electrons. The molecule has 4 rings (SSSR count). The minimum absolute atomic E-state index is 0.648. The lowest BCUT2D eigenvalue weighted by molar-refractivity contribution is 0.443. The number of benzene rings is 2. The molecule has 1 aliphatic carbocycles. The number of nitrogens with zero attached hydrogens (tertiary/aromatic N) is 3. The molecule has 27 heavy (non-hydrogen) atoms. The summed E-state index contributed by atoms with van der Waals surface area (Å²) in [6.45, 7) is 4.00. The van der Waals surface area contributed by atoms with Gasteiger partial charge in [0, 0.05) is 15.6 Å². The van der Waals surface area contributed by atoms with Crippen LogP contribution >= 0.6 is 15.9 Å². The zero-order valence-corrected chi connectivity index (χ0v) is 17.6. The number of aromatic nitrogens is 3. The summed E-state index contributed by atoms with van der Waals surface area (Å²) in [5.74, 6) is 1.38. The summed E-state index contributed by atoms with van der Waals surface area (Å²) in [5, 5.41) is 8.66. The van der Waals surface area contributed by atoms with E-state index in [0.717, 1.165) is 27.2 Å². The molecule has 2 aromatic carbocycles. The SMILES string of the molecule is Brc1ccc(-c2ncc(-c3ccc(C4CCCCC4)cc3)nn2)cc1.CC. The van der Waals surface area contributed by atoms with Gasteiger partial charge in [0.15, 0.2) is 5.82 Å². The second-order valence-corrected chi connectivity index (χ2v) is 7.55. The molecule has 0 amide bonds. The lowest BCUT2D eigenvalue weighted by Gasteiger charge is -2.22. The summed E-state index contributed by atoms with van der Waals surface area (Å²) in [4.78, 5) is 4.48. The van der Waals surface area contributed by atoms with Gasteiger partial charge in [-0.05, 0) is 36.5 Å². The molecule has 1 aromatic heterocycles. The molecule has 0 atom stereocenters. The molecule has 0 aliphatic heterocycles. The maximum atomic E-state index is 4.48. The predicted molar refractivity (Wildman–Crippen MR) is 116 cm³/mol. The maximum Gasteiger partial charge on any atom is 0.181 e. The lowest BCUT2D eigenvalue weighted by atomic mass is 9.84. The van der Waals surface area contributed by atoms with Crippen molar-refractivity contribution in [2.45, 2.75) is 51.9 Å². The zero-order chi connectivity index (χ0) is 19.1. The van der Waals surface area contributed by atoms with Crippen molar-refractivity contribution in [3.63, 3.8) is 0 Å². The van der Waals surface area contributed by atoms with Gasteiger partial charge < -0.3 is 0 Å². The van der Waals surface area contributed by atoms with E-state index in [1.165, 1.54) is 37.7 Å². The van der Waals surface area contributed by atoms with Crippen LogP contribution in [0.4, 0.5) is 0 Å². The average molecular weight is 424 g/mol. The third kappa shape index (κ3) is 5.01. The van der Waals surface area contributed by atoms with Crippen molar-refractivity contribution in [2.24, 2.45) is 0 Å². The monoisotopic (exact) mass is 423 g/mol. The molecule has 0 unspecified atom stereocenters. The first-order valence-corrected chi connectivity index (χ1v) is 10.6. The Morgan fingerprint density at radius 3 is 2.00 bits per heavy atom. The Kier molecular flexibility index (Phi) is 7.11. The van der Waals surface area contributed by atoms with E-state index in [9.17, 15) is 0 Å². The van der Waals surface area contributed by atoms with Crippen LogP contribution < -0.4 is 0 Å². The van der Waals surface area contributed by atoms with Crippen molar-refractivity contribution in [3.05, 3.63) is 64.8 Å². The third-order valence-electron chi connectivity index (χ3n) is 4.95. The molecule has 0 N–H and O–H groups in total. The van der Waals surface area contributed by atoms with Crippen LogP contribution in [0.25, 0.3) is 22.6 Å². The number of rotatable bonds is 3. The highest BCUT2D eigenvalue weighted by molar-refractivity contribution is 9.10. The predicted octanol–water partition coefficient (Wildman–Crippen LogP) is 7.04. The molecular formula is C23H26BrN3. The average Bonchev–Trinajstić information content (AvgIpc) is 2.77. The Morgan fingerprint density at radius 2 is 1.41 bits per heavy atom. The fourth-order valence-electron chi connectivity index (χ4n) is 3.50. The van der Waals surface area contributed by atoms with Crippen molar-refractivity contribution >= 4 is 15.9 Å². The van der Waals surface area contributed by atoms with Crippen molar-refractivity contribution in [3.8, 4) is 22.6 Å². The summed E-state index contributed by atoms with van der Waals surface area (Å²) in [6.07, 6.45) is 8.56. The van der Waals surface area contributed by atoms with Crippen molar-refractivity contribution in [2.75, 3.05) is 0 Å². The smallest absolute Gasteiger partial charge is 0.181 e. The Labute approximate surface area is 170 Å². The molecule has 0 bridgehead atoms. The van der Waals surface area contributed by atoms with Gasteiger partial charge in [0.2, 0.25) is 0 Å². The summed E-state index contributed by atoms with van der Waals surface area (Å²) >= 11 is 3.44. The first kappa shape index (κ1) is 19.7. The van der Waals surface area contributed by atoms with E-state index in [1.54, 1.807) is 6.20 Å². The van der Waals surface area contributed by atoms with Crippen LogP contribution in [0.2, 0.25) is 0 Å². The largest absolute Gasteiger partial charge is 0.233 e. The Bertz CT molecular complexity index is 821. The van der Waals surface area contributed by atoms with Crippen molar-refractivity contribution in [1.82, 2.24) is 15.2 Å². The molecule has 140 valence electrons. The molecule has 3 aromatic rings. The van der Waals surface area contributed by atoms with Crippen LogP contribution in [0.15, 0.2) is 59.2 Å². The van der Waals surface area contributed by atoms with E-state index < -0.39 is 0 Å². The highest BCUT2D eigenvalue weighted by Gasteiger charge is 2.15. The van der Waals surface area contributed by atoms with Crippen LogP contribution in [0.1, 0.15) is 57.4 Å². The van der Waals surface area contributed by atoms with Gasteiger partial charge in [-0.1, -0.05) is 85.4 Å². The number of halogens is 1. The van der Waals surface area contributed by atoms with Gasteiger partial charge in [-0.25, -0.2) is 4.98 Å². The summed E-state index contributed by atoms with van der Waals surface area (Å²) < 4.78 is 1.04. The Hall–Kier alpha value is -2.07. The highest BCUT2D eigenvalue weighted by Crippen LogP contribution is 2.33. The summed E-state index contributed by atoms with van der Waals surface area (Å²) in [6, 6.07) is 16.7. The van der Waals surface area contributed by atoms with E-state index in [1.807, 2.05) is 38.1 Å². The molecule has 1 saturated carbocycles. The minimum Gasteiger partial charge on any atom is -0.233 e. The molecule has 1 aliphatic rings. The van der Waals surface area contributed by atoms with Crippen LogP contribution in [-0.4, -0.2) is 15.2 Å². The van der Waals surface area contributed by atoms with Gasteiger partial charge in [0.1, 0.15) is 5.69 Å². The molecule has 0 spiro atoms. The van der Waals surface area contributed by atoms with Crippen LogP contribution in [0.3, 0.4) is 0 Å². The van der Waals surface area contributed by atoms with Crippen molar-refractivity contribution in [1.29, 1.82) is 0 Å². The first-order valence-electron chi connectivity index (χ1n) is 9.85. The van der Waals surface area contributed by atoms with Gasteiger partial charge in [-0.3, -0.25) is 0 Å². The molecule has 3 nitrogen and oxygen atoms in total. The number of hydrogen-bond donors (Lipinski definition) is 0. The fraction of sp³-hybridized carbons (Fsp3) is 0.348. The van der Waals surface area contributed by atoms with Gasteiger partial charge >= 0.3 is 0 Å². The van der Waals surface area contributed by atoms with E-state index in [0.29, 0.717) is 5.82 Å². The molecule has 4 heteroatoms. The van der Waals surface area contributed by atoms with Crippen LogP contribution in [0, 0.1) is 0 Å². The Balaban J connectivity index is 0.00000102. The number of hydrogen-bond acceptors (Lipinski definition) is 3. The lowest BCUT2D eigenvalue weighted by Crippen LogP contribution is -2.04.